The van der Waals surface area contributed by atoms with E-state index in [-0.39, 0.29) is 25.0 Å². The average molecular weight is 408 g/mol. The van der Waals surface area contributed by atoms with Crippen molar-refractivity contribution in [2.24, 2.45) is 0 Å². The number of aliphatic hydroxyl groups excluding tert-OH is 1. The number of nitrogens with zero attached hydrogens (tertiary/aromatic N) is 1. The summed E-state index contributed by atoms with van der Waals surface area (Å²) in [6, 6.07) is 15.0. The number of para-hydroxylation sites is 1. The van der Waals surface area contributed by atoms with Crippen LogP contribution in [0.3, 0.4) is 0 Å². The van der Waals surface area contributed by atoms with Crippen molar-refractivity contribution < 1.29 is 19.4 Å². The largest absolute Gasteiger partial charge is 0.491 e. The molecule has 0 bridgehead atoms. The summed E-state index contributed by atoms with van der Waals surface area (Å²) in [7, 11) is 0. The van der Waals surface area contributed by atoms with Gasteiger partial charge < -0.3 is 15.2 Å². The van der Waals surface area contributed by atoms with Crippen LogP contribution in [0.15, 0.2) is 48.5 Å². The molecule has 1 aliphatic carbocycles. The quantitative estimate of drug-likeness (QED) is 0.719. The molecule has 30 heavy (non-hydrogen) atoms. The van der Waals surface area contributed by atoms with E-state index < -0.39 is 17.7 Å². The van der Waals surface area contributed by atoms with E-state index in [4.69, 9.17) is 4.74 Å². The van der Waals surface area contributed by atoms with Crippen LogP contribution in [0.1, 0.15) is 49.3 Å². The number of β-amino-alcohol motifs (C(OH)–C–C–N with tert-alkyl or cyclic N) is 1. The van der Waals surface area contributed by atoms with Gasteiger partial charge in [-0.2, -0.15) is 0 Å². The fraction of sp³-hybridized carbons (Fsp3) is 0.417. The Morgan fingerprint density at radius 2 is 1.87 bits per heavy atom. The van der Waals surface area contributed by atoms with Gasteiger partial charge in [0.05, 0.1) is 6.54 Å². The number of imide groups is 1. The molecule has 2 N–H and O–H groups in total. The average Bonchev–Trinajstić information content (AvgIpc) is 2.97. The molecule has 1 saturated heterocycles. The summed E-state index contributed by atoms with van der Waals surface area (Å²) in [6.45, 7) is 4.06. The van der Waals surface area contributed by atoms with Crippen LogP contribution in [-0.4, -0.2) is 41.2 Å². The molecule has 0 radical (unpaired) electrons. The van der Waals surface area contributed by atoms with Crippen molar-refractivity contribution in [3.8, 4) is 5.75 Å². The maximum Gasteiger partial charge on any atom is 0.325 e. The van der Waals surface area contributed by atoms with Gasteiger partial charge in [0.2, 0.25) is 0 Å². The Labute approximate surface area is 176 Å². The van der Waals surface area contributed by atoms with Crippen molar-refractivity contribution in [2.45, 2.75) is 50.7 Å². The van der Waals surface area contributed by atoms with E-state index in [1.54, 1.807) is 0 Å². The van der Waals surface area contributed by atoms with Gasteiger partial charge in [-0.25, -0.2) is 4.79 Å². The first kappa shape index (κ1) is 20.4. The van der Waals surface area contributed by atoms with Crippen molar-refractivity contribution in [1.29, 1.82) is 0 Å². The van der Waals surface area contributed by atoms with Gasteiger partial charge >= 0.3 is 6.03 Å². The Balaban J connectivity index is 1.46. The molecule has 0 unspecified atom stereocenters. The molecule has 4 rings (SSSR count). The Morgan fingerprint density at radius 1 is 1.13 bits per heavy atom. The minimum atomic E-state index is -1.02. The predicted molar refractivity (Wildman–Crippen MR) is 113 cm³/mol. The molecule has 0 aromatic heterocycles. The van der Waals surface area contributed by atoms with Gasteiger partial charge in [-0.15, -0.1) is 0 Å². The maximum atomic E-state index is 13.3. The van der Waals surface area contributed by atoms with Gasteiger partial charge in [0.1, 0.15) is 24.0 Å². The van der Waals surface area contributed by atoms with E-state index in [1.807, 2.05) is 48.5 Å². The highest BCUT2D eigenvalue weighted by Crippen LogP contribution is 2.39. The number of carbonyl (C=O) groups excluding carboxylic acids is 2. The zero-order valence-corrected chi connectivity index (χ0v) is 17.4. The molecule has 3 amide bonds. The summed E-state index contributed by atoms with van der Waals surface area (Å²) in [5.74, 6) is 0.707. The highest BCUT2D eigenvalue weighted by molar-refractivity contribution is 6.07. The third kappa shape index (κ3) is 3.56. The molecule has 1 fully saturated rings. The summed E-state index contributed by atoms with van der Waals surface area (Å²) in [5, 5.41) is 13.4. The molecule has 0 saturated carbocycles. The topological polar surface area (TPSA) is 78.9 Å². The molecule has 2 atom stereocenters. The number of rotatable bonds is 6. The number of aryl methyl sites for hydroxylation is 1. The van der Waals surface area contributed by atoms with Crippen molar-refractivity contribution >= 4 is 11.9 Å². The zero-order chi connectivity index (χ0) is 21.3. The number of urea groups is 1. The standard InChI is InChI=1S/C24H28N2O4/c1-16(2)19-10-4-6-12-21(19)30-15-18(27)14-26-22(28)24(25-23(26)29)13-7-9-17-8-3-5-11-20(17)24/h3-6,8,10-12,16,18,27H,7,9,13-15H2,1-2H3,(H,25,29)/t18-,24+/m1/s1. The second-order valence-electron chi connectivity index (χ2n) is 8.42. The second kappa shape index (κ2) is 8.11. The van der Waals surface area contributed by atoms with Crippen LogP contribution in [0.5, 0.6) is 5.75 Å². The highest BCUT2D eigenvalue weighted by atomic mass is 16.5. The Hall–Kier alpha value is -2.86. The molecule has 1 aliphatic heterocycles. The summed E-state index contributed by atoms with van der Waals surface area (Å²) in [6.07, 6.45) is 1.31. The molecule has 6 nitrogen and oxygen atoms in total. The number of benzene rings is 2. The third-order valence-electron chi connectivity index (χ3n) is 6.02. The number of hydrogen-bond acceptors (Lipinski definition) is 4. The van der Waals surface area contributed by atoms with Gasteiger partial charge in [0, 0.05) is 0 Å². The van der Waals surface area contributed by atoms with Crippen molar-refractivity contribution in [2.75, 3.05) is 13.2 Å². The summed E-state index contributed by atoms with van der Waals surface area (Å²) in [5.41, 5.74) is 2.00. The predicted octanol–water partition coefficient (Wildman–Crippen LogP) is 3.33. The summed E-state index contributed by atoms with van der Waals surface area (Å²) < 4.78 is 5.81. The van der Waals surface area contributed by atoms with Gasteiger partial charge in [-0.3, -0.25) is 9.69 Å². The molecule has 158 valence electrons. The van der Waals surface area contributed by atoms with Crippen LogP contribution in [0.4, 0.5) is 4.79 Å². The van der Waals surface area contributed by atoms with Crippen LogP contribution >= 0.6 is 0 Å². The van der Waals surface area contributed by atoms with Crippen LogP contribution < -0.4 is 10.1 Å². The summed E-state index contributed by atoms with van der Waals surface area (Å²) >= 11 is 0. The van der Waals surface area contributed by atoms with Gasteiger partial charge in [0.25, 0.3) is 5.91 Å². The van der Waals surface area contributed by atoms with Crippen LogP contribution in [-0.2, 0) is 16.8 Å². The molecular weight excluding hydrogens is 380 g/mol. The van der Waals surface area contributed by atoms with Crippen molar-refractivity contribution in [1.82, 2.24) is 10.2 Å². The van der Waals surface area contributed by atoms with Crippen molar-refractivity contribution in [3.05, 3.63) is 65.2 Å². The normalized spacial score (nSPS) is 21.7. The number of carbonyl (C=O) groups is 2. The number of ether oxygens (including phenoxy) is 1. The van der Waals surface area contributed by atoms with Crippen LogP contribution in [0.2, 0.25) is 0 Å². The lowest BCUT2D eigenvalue weighted by Crippen LogP contribution is -2.47. The monoisotopic (exact) mass is 408 g/mol. The number of nitrogens with one attached hydrogen (secondary N) is 1. The Kier molecular flexibility index (Phi) is 5.52. The highest BCUT2D eigenvalue weighted by Gasteiger charge is 2.54. The van der Waals surface area contributed by atoms with Gasteiger partial charge in [0.15, 0.2) is 0 Å². The number of fused-ring (bicyclic) bond motifs is 2. The van der Waals surface area contributed by atoms with Crippen LogP contribution in [0.25, 0.3) is 0 Å². The van der Waals surface area contributed by atoms with Crippen molar-refractivity contribution in [3.63, 3.8) is 0 Å². The first-order valence-corrected chi connectivity index (χ1v) is 10.5. The lowest BCUT2D eigenvalue weighted by Gasteiger charge is -2.33. The molecule has 1 spiro atoms. The molecule has 1 heterocycles. The van der Waals surface area contributed by atoms with Crippen LogP contribution in [0, 0.1) is 0 Å². The second-order valence-corrected chi connectivity index (χ2v) is 8.42. The molecule has 2 aliphatic rings. The minimum absolute atomic E-state index is 0.00435. The summed E-state index contributed by atoms with van der Waals surface area (Å²) in [4.78, 5) is 27.1. The Morgan fingerprint density at radius 3 is 2.67 bits per heavy atom. The van der Waals surface area contributed by atoms with E-state index in [9.17, 15) is 14.7 Å². The van der Waals surface area contributed by atoms with E-state index in [1.165, 1.54) is 0 Å². The molecule has 6 heteroatoms. The zero-order valence-electron chi connectivity index (χ0n) is 17.4. The number of aliphatic hydroxyl groups is 1. The number of hydrogen-bond donors (Lipinski definition) is 2. The first-order valence-electron chi connectivity index (χ1n) is 10.5. The molecule has 2 aromatic carbocycles. The lowest BCUT2D eigenvalue weighted by molar-refractivity contribution is -0.133. The lowest BCUT2D eigenvalue weighted by atomic mass is 9.76. The SMILES string of the molecule is CC(C)c1ccccc1OC[C@H](O)CN1C(=O)N[C@]2(CCCc3ccccc32)C1=O. The smallest absolute Gasteiger partial charge is 0.325 e. The maximum absolute atomic E-state index is 13.3. The number of amides is 3. The fourth-order valence-corrected chi connectivity index (χ4v) is 4.52. The van der Waals surface area contributed by atoms with Gasteiger partial charge in [-0.1, -0.05) is 56.3 Å². The third-order valence-corrected chi connectivity index (χ3v) is 6.02. The molecule has 2 aromatic rings. The first-order chi connectivity index (χ1) is 14.4. The minimum Gasteiger partial charge on any atom is -0.491 e. The van der Waals surface area contributed by atoms with Gasteiger partial charge in [-0.05, 0) is 47.9 Å². The Bertz CT molecular complexity index is 958. The van der Waals surface area contributed by atoms with E-state index in [0.29, 0.717) is 12.2 Å². The molecular formula is C24H28N2O4. The fourth-order valence-electron chi connectivity index (χ4n) is 4.52. The van der Waals surface area contributed by atoms with E-state index >= 15 is 0 Å². The van der Waals surface area contributed by atoms with E-state index in [0.717, 1.165) is 34.4 Å². The van der Waals surface area contributed by atoms with E-state index in [2.05, 4.69) is 19.2 Å².